The van der Waals surface area contributed by atoms with Gasteiger partial charge in [0.05, 0.1) is 38.7 Å². The second-order valence-electron chi connectivity index (χ2n) is 9.39. The highest BCUT2D eigenvalue weighted by Crippen LogP contribution is 2.13. The normalized spacial score (nSPS) is 11.4. The van der Waals surface area contributed by atoms with Crippen molar-refractivity contribution in [3.8, 4) is 0 Å². The molecule has 29 heavy (non-hydrogen) atoms. The fourth-order valence-corrected chi connectivity index (χ4v) is 3.53. The van der Waals surface area contributed by atoms with Crippen molar-refractivity contribution in [1.29, 1.82) is 0 Å². The van der Waals surface area contributed by atoms with Crippen LogP contribution in [0.4, 0.5) is 0 Å². The van der Waals surface area contributed by atoms with E-state index < -0.39 is 0 Å². The van der Waals surface area contributed by atoms with E-state index in [2.05, 4.69) is 43.5 Å². The van der Waals surface area contributed by atoms with Gasteiger partial charge in [-0.15, -0.1) is 0 Å². The molecular formula is C25H46N4. The molecule has 0 amide bonds. The number of hydrogen-bond donors (Lipinski definition) is 0. The molecule has 0 saturated carbocycles. The fraction of sp³-hybridized carbons (Fsp3) is 0.760. The zero-order chi connectivity index (χ0) is 21.2. The van der Waals surface area contributed by atoms with Gasteiger partial charge in [-0.1, -0.05) is 96.1 Å². The summed E-state index contributed by atoms with van der Waals surface area (Å²) in [6.07, 6.45) is 20.4. The number of quaternary nitrogens is 1. The first-order valence-electron chi connectivity index (χ1n) is 12.0. The minimum absolute atomic E-state index is 0.859. The summed E-state index contributed by atoms with van der Waals surface area (Å²) in [4.78, 5) is 0. The van der Waals surface area contributed by atoms with Gasteiger partial charge < -0.3 is 19.9 Å². The van der Waals surface area contributed by atoms with Gasteiger partial charge in [-0.2, -0.15) is 0 Å². The molecule has 2 aromatic rings. The van der Waals surface area contributed by atoms with Gasteiger partial charge >= 0.3 is 0 Å². The van der Waals surface area contributed by atoms with Crippen molar-refractivity contribution in [2.24, 2.45) is 0 Å². The Balaban J connectivity index is 0.000000379. The quantitative estimate of drug-likeness (QED) is 0.244. The average molecular weight is 403 g/mol. The lowest BCUT2D eigenvalue weighted by molar-refractivity contribution is -0.870. The summed E-state index contributed by atoms with van der Waals surface area (Å²) < 4.78 is 1.12. The lowest BCUT2D eigenvalue weighted by atomic mass is 10.0. The van der Waals surface area contributed by atoms with Gasteiger partial charge in [-0.3, -0.25) is 0 Å². The van der Waals surface area contributed by atoms with Gasteiger partial charge in [0, 0.05) is 0 Å². The maximum atomic E-state index is 3.76. The Hall–Kier alpha value is -1.42. The highest BCUT2D eigenvalue weighted by Gasteiger charge is 2.04. The molecule has 2 rings (SSSR count). The molecule has 0 N–H and O–H groups in total. The van der Waals surface area contributed by atoms with Crippen molar-refractivity contribution >= 4 is 11.0 Å². The van der Waals surface area contributed by atoms with Gasteiger partial charge in [-0.25, -0.2) is 0 Å². The summed E-state index contributed by atoms with van der Waals surface area (Å²) in [6.45, 7) is 3.63. The molecule has 1 heterocycles. The number of benzene rings is 1. The van der Waals surface area contributed by atoms with E-state index in [0.717, 1.165) is 15.5 Å². The van der Waals surface area contributed by atoms with Crippen molar-refractivity contribution in [1.82, 2.24) is 15.4 Å². The molecule has 0 aliphatic rings. The summed E-state index contributed by atoms with van der Waals surface area (Å²) in [6, 6.07) is 7.60. The number of fused-ring (bicyclic) bond motifs is 1. The van der Waals surface area contributed by atoms with E-state index in [1.165, 1.54) is 96.4 Å². The topological polar surface area (TPSA) is 39.9 Å². The molecule has 0 radical (unpaired) electrons. The highest BCUT2D eigenvalue weighted by atomic mass is 15.3. The predicted molar refractivity (Wildman–Crippen MR) is 126 cm³/mol. The van der Waals surface area contributed by atoms with Crippen LogP contribution in [0.3, 0.4) is 0 Å². The monoisotopic (exact) mass is 402 g/mol. The third kappa shape index (κ3) is 15.1. The Morgan fingerprint density at radius 3 is 1.38 bits per heavy atom. The maximum Gasteiger partial charge on any atom is 0.0780 e. The summed E-state index contributed by atoms with van der Waals surface area (Å²) >= 11 is 0. The molecule has 0 fully saturated rings. The van der Waals surface area contributed by atoms with Crippen LogP contribution in [0.1, 0.15) is 96.8 Å². The van der Waals surface area contributed by atoms with Crippen molar-refractivity contribution in [2.75, 3.05) is 27.7 Å². The first-order valence-corrected chi connectivity index (χ1v) is 12.0. The minimum atomic E-state index is 0.859. The molecule has 4 heteroatoms. The van der Waals surface area contributed by atoms with Gasteiger partial charge in [0.2, 0.25) is 0 Å². The lowest BCUT2D eigenvalue weighted by Gasteiger charge is -2.23. The largest absolute Gasteiger partial charge is 0.492 e. The maximum absolute atomic E-state index is 3.76. The molecule has 1 aromatic carbocycles. The van der Waals surface area contributed by atoms with Crippen molar-refractivity contribution in [3.05, 3.63) is 24.3 Å². The SMILES string of the molecule is CCCCCCCCCCCCCCCC[N+](C)(C)C.c1ccc2n[n-]nc2c1. The summed E-state index contributed by atoms with van der Waals surface area (Å²) in [5.74, 6) is 0. The third-order valence-corrected chi connectivity index (χ3v) is 5.37. The zero-order valence-corrected chi connectivity index (χ0v) is 19.7. The van der Waals surface area contributed by atoms with E-state index in [4.69, 9.17) is 0 Å². The molecular weight excluding hydrogens is 356 g/mol. The molecule has 0 spiro atoms. The molecule has 0 atom stereocenters. The van der Waals surface area contributed by atoms with Crippen molar-refractivity contribution in [3.63, 3.8) is 0 Å². The number of rotatable bonds is 15. The molecule has 0 unspecified atom stereocenters. The van der Waals surface area contributed by atoms with Gasteiger partial charge in [0.1, 0.15) is 0 Å². The van der Waals surface area contributed by atoms with Crippen molar-refractivity contribution < 1.29 is 4.48 Å². The molecule has 166 valence electrons. The van der Waals surface area contributed by atoms with E-state index in [-0.39, 0.29) is 0 Å². The molecule has 4 nitrogen and oxygen atoms in total. The molecule has 0 aliphatic carbocycles. The van der Waals surface area contributed by atoms with Crippen LogP contribution in [0, 0.1) is 0 Å². The molecule has 0 aliphatic heterocycles. The lowest BCUT2D eigenvalue weighted by Crippen LogP contribution is -2.35. The van der Waals surface area contributed by atoms with Gasteiger partial charge in [0.25, 0.3) is 0 Å². The van der Waals surface area contributed by atoms with Crippen LogP contribution in [0.15, 0.2) is 24.3 Å². The Kier molecular flexibility index (Phi) is 14.5. The second-order valence-corrected chi connectivity index (χ2v) is 9.39. The Morgan fingerprint density at radius 2 is 1.00 bits per heavy atom. The van der Waals surface area contributed by atoms with Crippen molar-refractivity contribution in [2.45, 2.75) is 96.8 Å². The minimum Gasteiger partial charge on any atom is -0.492 e. The van der Waals surface area contributed by atoms with E-state index in [1.807, 2.05) is 24.3 Å². The average Bonchev–Trinajstić information content (AvgIpc) is 3.17. The third-order valence-electron chi connectivity index (χ3n) is 5.37. The number of unbranched alkanes of at least 4 members (excludes halogenated alkanes) is 13. The van der Waals surface area contributed by atoms with Crippen LogP contribution in [-0.2, 0) is 0 Å². The van der Waals surface area contributed by atoms with Crippen LogP contribution >= 0.6 is 0 Å². The van der Waals surface area contributed by atoms with E-state index in [1.54, 1.807) is 0 Å². The van der Waals surface area contributed by atoms with Crippen LogP contribution in [0.25, 0.3) is 11.0 Å². The van der Waals surface area contributed by atoms with Gasteiger partial charge in [-0.05, 0) is 25.0 Å². The van der Waals surface area contributed by atoms with Crippen LogP contribution < -0.4 is 5.21 Å². The Bertz CT molecular complexity index is 570. The first kappa shape index (κ1) is 25.6. The highest BCUT2D eigenvalue weighted by molar-refractivity contribution is 5.72. The van der Waals surface area contributed by atoms with Crippen LogP contribution in [0.5, 0.6) is 0 Å². The first-order chi connectivity index (χ1) is 14.0. The summed E-state index contributed by atoms with van der Waals surface area (Å²) in [7, 11) is 6.88. The van der Waals surface area contributed by atoms with E-state index in [0.29, 0.717) is 0 Å². The zero-order valence-electron chi connectivity index (χ0n) is 19.7. The van der Waals surface area contributed by atoms with Crippen LogP contribution in [-0.4, -0.2) is 42.4 Å². The molecule has 0 bridgehead atoms. The van der Waals surface area contributed by atoms with E-state index in [9.17, 15) is 0 Å². The fourth-order valence-electron chi connectivity index (χ4n) is 3.53. The smallest absolute Gasteiger partial charge is 0.0780 e. The standard InChI is InChI=1S/C19H42N.C6H4N3/c1-5-6-7-8-9-10-11-12-13-14-15-16-17-18-19-20(2,3)4;1-2-4-6-5(3-1)7-9-8-6/h5-19H2,1-4H3;1-4H/q+1;-1. The molecule has 1 aromatic heterocycles. The predicted octanol–water partition coefficient (Wildman–Crippen LogP) is 6.76. The van der Waals surface area contributed by atoms with Crippen LogP contribution in [0.2, 0.25) is 0 Å². The number of hydrogen-bond acceptors (Lipinski definition) is 2. The number of aromatic nitrogens is 3. The summed E-state index contributed by atoms with van der Waals surface area (Å²) in [5.41, 5.74) is 1.72. The number of nitrogens with zero attached hydrogens (tertiary/aromatic N) is 4. The Labute approximate surface area is 180 Å². The molecule has 0 saturated heterocycles. The summed E-state index contributed by atoms with van der Waals surface area (Å²) in [5, 5.41) is 11.0. The second kappa shape index (κ2) is 16.4. The van der Waals surface area contributed by atoms with Gasteiger partial charge in [0.15, 0.2) is 0 Å². The Morgan fingerprint density at radius 1 is 0.621 bits per heavy atom. The van der Waals surface area contributed by atoms with E-state index >= 15 is 0 Å².